The van der Waals surface area contributed by atoms with Crippen molar-refractivity contribution >= 4 is 64.2 Å². The van der Waals surface area contributed by atoms with Crippen LogP contribution in [0.15, 0.2) is 168 Å². The van der Waals surface area contributed by atoms with Crippen molar-refractivity contribution in [3.05, 3.63) is 164 Å². The molecule has 0 spiro atoms. The van der Waals surface area contributed by atoms with Gasteiger partial charge in [-0.15, -0.1) is 22.7 Å². The lowest BCUT2D eigenvalue weighted by atomic mass is 10.0. The molecule has 0 amide bonds. The molecule has 0 bridgehead atoms. The highest BCUT2D eigenvalue weighted by molar-refractivity contribution is 7.27. The molecule has 55 heavy (non-hydrogen) atoms. The summed E-state index contributed by atoms with van der Waals surface area (Å²) in [6, 6.07) is 55.9. The first-order chi connectivity index (χ1) is 27.2. The fraction of sp³-hybridized carbons (Fsp3) is 0. The van der Waals surface area contributed by atoms with Crippen LogP contribution in [0.5, 0.6) is 0 Å². The second-order valence-corrected chi connectivity index (χ2v) is 15.3. The largest absolute Gasteiger partial charge is 0.436 e. The van der Waals surface area contributed by atoms with Crippen LogP contribution < -0.4 is 0 Å². The highest BCUT2D eigenvalue weighted by Gasteiger charge is 2.18. The van der Waals surface area contributed by atoms with E-state index in [1.54, 1.807) is 11.3 Å². The molecule has 8 heteroatoms. The third kappa shape index (κ3) is 5.58. The number of thiazole rings is 1. The fourth-order valence-electron chi connectivity index (χ4n) is 7.12. The van der Waals surface area contributed by atoms with Gasteiger partial charge in [-0.3, -0.25) is 0 Å². The van der Waals surface area contributed by atoms with Gasteiger partial charge < -0.3 is 4.42 Å². The lowest BCUT2D eigenvalue weighted by Crippen LogP contribution is -2.00. The zero-order valence-corrected chi connectivity index (χ0v) is 30.7. The Morgan fingerprint density at radius 3 is 1.65 bits per heavy atom. The highest BCUT2D eigenvalue weighted by Crippen LogP contribution is 2.45. The molecule has 4 aromatic heterocycles. The van der Waals surface area contributed by atoms with E-state index in [1.165, 1.54) is 36.0 Å². The van der Waals surface area contributed by atoms with E-state index < -0.39 is 0 Å². The standard InChI is InChI=1S/C47H27N5OS2/c1-3-11-29(12-4-1)43-50-44(30-13-5-2-6-14-30)52-45(51-43)32-25-26-37-39(27-32)53-46(48-37)31-23-21-28(22-24-31)33-15-9-16-34-35-17-10-18-36(42(35)55-41(33)34)47-49-38-19-7-8-20-40(38)54-47/h1-27H. The molecule has 0 aliphatic rings. The number of benzene rings is 7. The van der Waals surface area contributed by atoms with Crippen molar-refractivity contribution in [2.75, 3.05) is 0 Å². The minimum atomic E-state index is 0.560. The smallest absolute Gasteiger partial charge is 0.227 e. The minimum Gasteiger partial charge on any atom is -0.436 e. The van der Waals surface area contributed by atoms with Crippen molar-refractivity contribution in [2.45, 2.75) is 0 Å². The summed E-state index contributed by atoms with van der Waals surface area (Å²) < 4.78 is 10.1. The molecule has 258 valence electrons. The van der Waals surface area contributed by atoms with E-state index in [9.17, 15) is 0 Å². The Morgan fingerprint density at radius 2 is 0.964 bits per heavy atom. The summed E-state index contributed by atoms with van der Waals surface area (Å²) in [4.78, 5) is 24.5. The summed E-state index contributed by atoms with van der Waals surface area (Å²) in [6.07, 6.45) is 0. The van der Waals surface area contributed by atoms with Crippen molar-refractivity contribution < 1.29 is 4.42 Å². The molecule has 7 aromatic carbocycles. The second-order valence-electron chi connectivity index (χ2n) is 13.3. The highest BCUT2D eigenvalue weighted by atomic mass is 32.1. The van der Waals surface area contributed by atoms with Crippen LogP contribution in [0.1, 0.15) is 0 Å². The number of para-hydroxylation sites is 1. The van der Waals surface area contributed by atoms with Crippen LogP contribution in [0.25, 0.3) is 109 Å². The van der Waals surface area contributed by atoms with Crippen molar-refractivity contribution in [1.82, 2.24) is 24.9 Å². The average Bonchev–Trinajstić information content (AvgIpc) is 3.99. The molecule has 0 radical (unpaired) electrons. The van der Waals surface area contributed by atoms with Crippen LogP contribution >= 0.6 is 22.7 Å². The summed E-state index contributed by atoms with van der Waals surface area (Å²) in [7, 11) is 0. The monoisotopic (exact) mass is 741 g/mol. The molecular weight excluding hydrogens is 715 g/mol. The summed E-state index contributed by atoms with van der Waals surface area (Å²) in [5, 5.41) is 3.56. The van der Waals surface area contributed by atoms with E-state index in [2.05, 4.69) is 78.9 Å². The van der Waals surface area contributed by atoms with Crippen LogP contribution in [0.4, 0.5) is 0 Å². The predicted octanol–water partition coefficient (Wildman–Crippen LogP) is 13.0. The Labute approximate surface area is 323 Å². The lowest BCUT2D eigenvalue weighted by Gasteiger charge is -2.08. The van der Waals surface area contributed by atoms with Gasteiger partial charge in [0.15, 0.2) is 23.1 Å². The summed E-state index contributed by atoms with van der Waals surface area (Å²) >= 11 is 3.59. The predicted molar refractivity (Wildman–Crippen MR) is 226 cm³/mol. The first kappa shape index (κ1) is 31.6. The maximum atomic E-state index is 6.39. The van der Waals surface area contributed by atoms with Crippen molar-refractivity contribution in [1.29, 1.82) is 0 Å². The zero-order chi connectivity index (χ0) is 36.3. The van der Waals surface area contributed by atoms with E-state index in [4.69, 9.17) is 29.3 Å². The molecule has 6 nitrogen and oxygen atoms in total. The van der Waals surface area contributed by atoms with Crippen molar-refractivity contribution in [3.63, 3.8) is 0 Å². The molecule has 11 aromatic rings. The van der Waals surface area contributed by atoms with Crippen molar-refractivity contribution in [2.24, 2.45) is 0 Å². The SMILES string of the molecule is c1ccc(-c2nc(-c3ccccc3)nc(-c3ccc4nc(-c5ccc(-c6cccc7c6sc6c(-c8nc9ccccc9s8)cccc67)cc5)oc4c3)n2)cc1. The molecule has 0 N–H and O–H groups in total. The van der Waals surface area contributed by atoms with E-state index in [0.29, 0.717) is 28.9 Å². The third-order valence-corrected chi connectivity index (χ3v) is 12.2. The maximum absolute atomic E-state index is 6.39. The number of rotatable bonds is 6. The van der Waals surface area contributed by atoms with Gasteiger partial charge in [0.25, 0.3) is 0 Å². The Hall–Kier alpha value is -6.87. The summed E-state index contributed by atoms with van der Waals surface area (Å²) in [5.74, 6) is 2.36. The number of hydrogen-bond acceptors (Lipinski definition) is 8. The quantitative estimate of drug-likeness (QED) is 0.169. The van der Waals surface area contributed by atoms with E-state index in [1.807, 2.05) is 96.3 Å². The zero-order valence-electron chi connectivity index (χ0n) is 29.0. The number of nitrogens with zero attached hydrogens (tertiary/aromatic N) is 5. The van der Waals surface area contributed by atoms with Crippen LogP contribution in [-0.2, 0) is 0 Å². The van der Waals surface area contributed by atoms with Crippen LogP contribution in [0, 0.1) is 0 Å². The molecule has 0 aliphatic carbocycles. The Kier molecular flexibility index (Phi) is 7.43. The fourth-order valence-corrected chi connectivity index (χ4v) is 9.53. The Balaban J connectivity index is 0.938. The molecule has 0 saturated heterocycles. The van der Waals surface area contributed by atoms with Gasteiger partial charge in [-0.05, 0) is 53.6 Å². The van der Waals surface area contributed by atoms with E-state index in [0.717, 1.165) is 43.9 Å². The average molecular weight is 742 g/mol. The lowest BCUT2D eigenvalue weighted by molar-refractivity contribution is 0.620. The minimum absolute atomic E-state index is 0.560. The van der Waals surface area contributed by atoms with Gasteiger partial charge in [-0.2, -0.15) is 0 Å². The Bertz CT molecular complexity index is 3110. The number of fused-ring (bicyclic) bond motifs is 5. The van der Waals surface area contributed by atoms with Gasteiger partial charge >= 0.3 is 0 Å². The van der Waals surface area contributed by atoms with Gasteiger partial charge in [0.05, 0.1) is 10.2 Å². The number of thiophene rings is 1. The van der Waals surface area contributed by atoms with Gasteiger partial charge in [-0.25, -0.2) is 24.9 Å². The molecule has 0 unspecified atom stereocenters. The maximum Gasteiger partial charge on any atom is 0.227 e. The van der Waals surface area contributed by atoms with Gasteiger partial charge in [0, 0.05) is 48.0 Å². The first-order valence-electron chi connectivity index (χ1n) is 17.9. The van der Waals surface area contributed by atoms with Crippen LogP contribution in [-0.4, -0.2) is 24.9 Å². The molecule has 4 heterocycles. The number of hydrogen-bond donors (Lipinski definition) is 0. The molecule has 11 rings (SSSR count). The molecular formula is C47H27N5OS2. The number of oxazole rings is 1. The number of aromatic nitrogens is 5. The van der Waals surface area contributed by atoms with Gasteiger partial charge in [-0.1, -0.05) is 121 Å². The van der Waals surface area contributed by atoms with Crippen LogP contribution in [0.3, 0.4) is 0 Å². The van der Waals surface area contributed by atoms with Gasteiger partial charge in [0.1, 0.15) is 10.5 Å². The van der Waals surface area contributed by atoms with E-state index in [-0.39, 0.29) is 0 Å². The second kappa shape index (κ2) is 12.9. The third-order valence-electron chi connectivity index (χ3n) is 9.84. The topological polar surface area (TPSA) is 77.6 Å². The van der Waals surface area contributed by atoms with Crippen molar-refractivity contribution in [3.8, 4) is 67.3 Å². The van der Waals surface area contributed by atoms with Gasteiger partial charge in [0.2, 0.25) is 5.89 Å². The first-order valence-corrected chi connectivity index (χ1v) is 19.5. The summed E-state index contributed by atoms with van der Waals surface area (Å²) in [5.41, 5.74) is 9.57. The molecule has 0 saturated carbocycles. The molecule has 0 aliphatic heterocycles. The Morgan fingerprint density at radius 1 is 0.382 bits per heavy atom. The van der Waals surface area contributed by atoms with E-state index >= 15 is 0 Å². The summed E-state index contributed by atoms with van der Waals surface area (Å²) in [6.45, 7) is 0. The molecule has 0 atom stereocenters. The molecule has 0 fully saturated rings. The normalized spacial score (nSPS) is 11.6. The van der Waals surface area contributed by atoms with Crippen LogP contribution in [0.2, 0.25) is 0 Å².